The van der Waals surface area contributed by atoms with Crippen LogP contribution in [0, 0.1) is 0 Å². The zero-order valence-corrected chi connectivity index (χ0v) is 6.15. The van der Waals surface area contributed by atoms with E-state index in [1.54, 1.807) is 18.5 Å². The number of hydrogen-bond donors (Lipinski definition) is 0. The van der Waals surface area contributed by atoms with Crippen LogP contribution in [0.25, 0.3) is 0 Å². The lowest BCUT2D eigenvalue weighted by Crippen LogP contribution is -1.84. The van der Waals surface area contributed by atoms with Gasteiger partial charge in [0.05, 0.1) is 12.4 Å². The first-order valence-electron chi connectivity index (χ1n) is 3.15. The molecule has 12 heavy (non-hydrogen) atoms. The normalized spacial score (nSPS) is 8.00. The van der Waals surface area contributed by atoms with Crippen LogP contribution in [0.3, 0.4) is 0 Å². The van der Waals surface area contributed by atoms with Crippen LogP contribution in [0.4, 0.5) is 0 Å². The molecule has 0 atom stereocenters. The SMILES string of the molecule is c1cncnc1.c1cnnnn1. The van der Waals surface area contributed by atoms with Crippen LogP contribution in [0.5, 0.6) is 0 Å². The second-order valence-electron chi connectivity index (χ2n) is 1.61. The average Bonchev–Trinajstić information content (AvgIpc) is 2.24. The maximum atomic E-state index is 3.67. The van der Waals surface area contributed by atoms with Crippen LogP contribution < -0.4 is 0 Å². The van der Waals surface area contributed by atoms with E-state index >= 15 is 0 Å². The van der Waals surface area contributed by atoms with Crippen molar-refractivity contribution in [2.75, 3.05) is 0 Å². The summed E-state index contributed by atoms with van der Waals surface area (Å²) in [6.07, 6.45) is 7.81. The van der Waals surface area contributed by atoms with Crippen molar-refractivity contribution in [3.05, 3.63) is 37.2 Å². The molecular formula is C6H6N6. The molecule has 0 aliphatic heterocycles. The van der Waals surface area contributed by atoms with Gasteiger partial charge in [0.1, 0.15) is 6.33 Å². The highest BCUT2D eigenvalue weighted by Crippen LogP contribution is 1.66. The summed E-state index contributed by atoms with van der Waals surface area (Å²) in [5.74, 6) is 0. The summed E-state index contributed by atoms with van der Waals surface area (Å²) in [7, 11) is 0. The Bertz CT molecular complexity index is 187. The third-order valence-corrected chi connectivity index (χ3v) is 0.821. The van der Waals surface area contributed by atoms with Crippen LogP contribution in [-0.4, -0.2) is 30.6 Å². The van der Waals surface area contributed by atoms with E-state index in [1.807, 2.05) is 0 Å². The Morgan fingerprint density at radius 2 is 1.25 bits per heavy atom. The maximum Gasteiger partial charge on any atom is 0.115 e. The summed E-state index contributed by atoms with van der Waals surface area (Å²) in [4.78, 5) is 7.35. The molecule has 0 amide bonds. The van der Waals surface area contributed by atoms with Crippen molar-refractivity contribution < 1.29 is 0 Å². The topological polar surface area (TPSA) is 77.3 Å². The minimum Gasteiger partial charge on any atom is -0.245 e. The Morgan fingerprint density at radius 1 is 0.667 bits per heavy atom. The Balaban J connectivity index is 0.000000120. The van der Waals surface area contributed by atoms with E-state index in [1.165, 1.54) is 18.7 Å². The van der Waals surface area contributed by atoms with Gasteiger partial charge in [0.2, 0.25) is 0 Å². The second kappa shape index (κ2) is 5.78. The predicted octanol–water partition coefficient (Wildman–Crippen LogP) is -0.257. The molecule has 2 heterocycles. The van der Waals surface area contributed by atoms with E-state index in [0.29, 0.717) is 0 Å². The fourth-order valence-corrected chi connectivity index (χ4v) is 0.419. The van der Waals surface area contributed by atoms with Gasteiger partial charge < -0.3 is 0 Å². The fourth-order valence-electron chi connectivity index (χ4n) is 0.419. The zero-order chi connectivity index (χ0) is 8.49. The Hall–Kier alpha value is -1.98. The summed E-state index contributed by atoms with van der Waals surface area (Å²) in [6.45, 7) is 0. The fraction of sp³-hybridized carbons (Fsp3) is 0. The molecule has 2 rings (SSSR count). The molecule has 0 aromatic carbocycles. The van der Waals surface area contributed by atoms with E-state index in [-0.39, 0.29) is 0 Å². The van der Waals surface area contributed by atoms with Crippen LogP contribution in [0.15, 0.2) is 37.2 Å². The molecule has 0 aliphatic rings. The van der Waals surface area contributed by atoms with E-state index in [9.17, 15) is 0 Å². The number of nitrogens with zero attached hydrogens (tertiary/aromatic N) is 6. The van der Waals surface area contributed by atoms with Crippen LogP contribution in [-0.2, 0) is 0 Å². The molecule has 0 N–H and O–H groups in total. The molecule has 0 fully saturated rings. The van der Waals surface area contributed by atoms with E-state index in [2.05, 4.69) is 30.6 Å². The van der Waals surface area contributed by atoms with Crippen molar-refractivity contribution >= 4 is 0 Å². The van der Waals surface area contributed by atoms with Crippen LogP contribution >= 0.6 is 0 Å². The minimum absolute atomic E-state index is 1.47. The van der Waals surface area contributed by atoms with Crippen LogP contribution in [0.2, 0.25) is 0 Å². The molecule has 0 spiro atoms. The van der Waals surface area contributed by atoms with Crippen molar-refractivity contribution in [3.63, 3.8) is 0 Å². The first kappa shape index (κ1) is 8.12. The minimum atomic E-state index is 1.47. The first-order chi connectivity index (χ1) is 6.00. The lowest BCUT2D eigenvalue weighted by Gasteiger charge is -1.70. The summed E-state index contributed by atoms with van der Waals surface area (Å²) in [5.41, 5.74) is 0. The van der Waals surface area contributed by atoms with Gasteiger partial charge in [-0.1, -0.05) is 0 Å². The van der Waals surface area contributed by atoms with Gasteiger partial charge in [-0.05, 0) is 16.5 Å². The van der Waals surface area contributed by atoms with Gasteiger partial charge in [-0.25, -0.2) is 9.97 Å². The predicted molar refractivity (Wildman–Crippen MR) is 39.7 cm³/mol. The highest BCUT2D eigenvalue weighted by molar-refractivity contribution is 4.74. The molecule has 0 aliphatic carbocycles. The van der Waals surface area contributed by atoms with Gasteiger partial charge in [0.15, 0.2) is 0 Å². The molecule has 2 aromatic rings. The molecule has 6 heteroatoms. The quantitative estimate of drug-likeness (QED) is 0.531. The molecule has 60 valence electrons. The largest absolute Gasteiger partial charge is 0.245 e. The van der Waals surface area contributed by atoms with E-state index in [0.717, 1.165) is 0 Å². The smallest absolute Gasteiger partial charge is 0.115 e. The second-order valence-corrected chi connectivity index (χ2v) is 1.61. The molecule has 0 radical (unpaired) electrons. The molecule has 0 bridgehead atoms. The Labute approximate surface area is 68.7 Å². The van der Waals surface area contributed by atoms with Gasteiger partial charge in [0.25, 0.3) is 0 Å². The van der Waals surface area contributed by atoms with Gasteiger partial charge >= 0.3 is 0 Å². The van der Waals surface area contributed by atoms with Crippen molar-refractivity contribution in [1.82, 2.24) is 30.6 Å². The number of hydrogen-bond acceptors (Lipinski definition) is 6. The van der Waals surface area contributed by atoms with Crippen molar-refractivity contribution in [1.29, 1.82) is 0 Å². The summed E-state index contributed by atoms with van der Waals surface area (Å²) < 4.78 is 0. The molecule has 0 unspecified atom stereocenters. The van der Waals surface area contributed by atoms with Crippen molar-refractivity contribution in [2.24, 2.45) is 0 Å². The summed E-state index contributed by atoms with van der Waals surface area (Å²) >= 11 is 0. The third kappa shape index (κ3) is 3.94. The molecule has 2 aromatic heterocycles. The van der Waals surface area contributed by atoms with E-state index in [4.69, 9.17) is 0 Å². The highest BCUT2D eigenvalue weighted by Gasteiger charge is 1.61. The third-order valence-electron chi connectivity index (χ3n) is 0.821. The standard InChI is InChI=1S/C4H4N2.C2H2N4/c1-2-5-4-6-3-1;1-2-4-6-5-3-1/h1-4H;1-2H. The van der Waals surface area contributed by atoms with Gasteiger partial charge in [0, 0.05) is 12.4 Å². The van der Waals surface area contributed by atoms with Crippen molar-refractivity contribution in [2.45, 2.75) is 0 Å². The Morgan fingerprint density at radius 3 is 1.42 bits per heavy atom. The van der Waals surface area contributed by atoms with Gasteiger partial charge in [-0.2, -0.15) is 0 Å². The Kier molecular flexibility index (Phi) is 3.91. The first-order valence-corrected chi connectivity index (χ1v) is 3.15. The summed E-state index contributed by atoms with van der Waals surface area (Å²) in [6, 6.07) is 1.78. The van der Waals surface area contributed by atoms with Gasteiger partial charge in [-0.15, -0.1) is 10.2 Å². The highest BCUT2D eigenvalue weighted by atomic mass is 15.4. The lowest BCUT2D eigenvalue weighted by molar-refractivity contribution is 0.761. The number of aromatic nitrogens is 6. The molecule has 0 saturated heterocycles. The lowest BCUT2D eigenvalue weighted by atomic mass is 10.7. The average molecular weight is 162 g/mol. The van der Waals surface area contributed by atoms with Crippen molar-refractivity contribution in [3.8, 4) is 0 Å². The maximum absolute atomic E-state index is 3.67. The molecule has 0 saturated carbocycles. The van der Waals surface area contributed by atoms with E-state index < -0.39 is 0 Å². The number of rotatable bonds is 0. The van der Waals surface area contributed by atoms with Crippen LogP contribution in [0.1, 0.15) is 0 Å². The molecular weight excluding hydrogens is 156 g/mol. The molecule has 6 nitrogen and oxygen atoms in total. The summed E-state index contributed by atoms with van der Waals surface area (Å²) in [5, 5.41) is 13.1. The monoisotopic (exact) mass is 162 g/mol. The van der Waals surface area contributed by atoms with Gasteiger partial charge in [-0.3, -0.25) is 0 Å². The zero-order valence-electron chi connectivity index (χ0n) is 6.15.